The zero-order valence-corrected chi connectivity index (χ0v) is 13.8. The fraction of sp³-hybridized carbons (Fsp3) is 0.100. The van der Waals surface area contributed by atoms with E-state index in [0.29, 0.717) is 13.1 Å². The minimum absolute atomic E-state index is 0.461. The number of nitrogens with one attached hydrogen (secondary N) is 1. The van der Waals surface area contributed by atoms with Crippen LogP contribution in [0.4, 0.5) is 5.82 Å². The molecule has 0 aliphatic carbocycles. The van der Waals surface area contributed by atoms with Crippen molar-refractivity contribution in [1.29, 1.82) is 0 Å². The monoisotopic (exact) mass is 329 g/mol. The Balaban J connectivity index is 1.80. The summed E-state index contributed by atoms with van der Waals surface area (Å²) in [5.41, 5.74) is 11.6. The lowest BCUT2D eigenvalue weighted by atomic mass is 10.00. The molecule has 3 aromatic heterocycles. The van der Waals surface area contributed by atoms with E-state index in [9.17, 15) is 0 Å². The molecule has 5 heteroatoms. The van der Waals surface area contributed by atoms with Gasteiger partial charge in [-0.05, 0) is 40.5 Å². The fourth-order valence-corrected chi connectivity index (χ4v) is 3.06. The van der Waals surface area contributed by atoms with Gasteiger partial charge in [0.15, 0.2) is 0 Å². The molecule has 0 saturated carbocycles. The Morgan fingerprint density at radius 3 is 2.64 bits per heavy atom. The van der Waals surface area contributed by atoms with Gasteiger partial charge in [0.25, 0.3) is 0 Å². The Morgan fingerprint density at radius 2 is 1.88 bits per heavy atom. The Bertz CT molecular complexity index is 977. The van der Waals surface area contributed by atoms with Crippen molar-refractivity contribution in [2.75, 3.05) is 5.32 Å². The molecule has 124 valence electrons. The molecule has 0 spiro atoms. The maximum absolute atomic E-state index is 6.06. The second-order valence-electron chi connectivity index (χ2n) is 5.84. The van der Waals surface area contributed by atoms with Gasteiger partial charge >= 0.3 is 0 Å². The number of nitrogens with two attached hydrogens (primary N) is 1. The molecule has 5 nitrogen and oxygen atoms in total. The fourth-order valence-electron chi connectivity index (χ4n) is 3.06. The van der Waals surface area contributed by atoms with Crippen LogP contribution in [0.5, 0.6) is 0 Å². The van der Waals surface area contributed by atoms with Crippen LogP contribution >= 0.6 is 0 Å². The van der Waals surface area contributed by atoms with Crippen molar-refractivity contribution in [3.05, 3.63) is 84.3 Å². The van der Waals surface area contributed by atoms with Crippen molar-refractivity contribution in [1.82, 2.24) is 14.6 Å². The van der Waals surface area contributed by atoms with Crippen LogP contribution in [0.25, 0.3) is 16.6 Å². The van der Waals surface area contributed by atoms with E-state index in [4.69, 9.17) is 5.73 Å². The molecule has 4 rings (SSSR count). The van der Waals surface area contributed by atoms with E-state index in [2.05, 4.69) is 33.6 Å². The van der Waals surface area contributed by atoms with Crippen LogP contribution in [0, 0.1) is 0 Å². The lowest BCUT2D eigenvalue weighted by Gasteiger charge is -2.15. The van der Waals surface area contributed by atoms with Crippen molar-refractivity contribution in [3.8, 4) is 11.1 Å². The zero-order chi connectivity index (χ0) is 17.1. The third kappa shape index (κ3) is 2.97. The van der Waals surface area contributed by atoms with Gasteiger partial charge in [-0.1, -0.05) is 36.4 Å². The SMILES string of the molecule is NCc1c(-c2ccccc2)cc(NCc2cccnc2)n2nccc12. The molecule has 0 atom stereocenters. The summed E-state index contributed by atoms with van der Waals surface area (Å²) in [4.78, 5) is 4.16. The molecule has 0 radical (unpaired) electrons. The lowest BCUT2D eigenvalue weighted by Crippen LogP contribution is -2.09. The highest BCUT2D eigenvalue weighted by Gasteiger charge is 2.13. The third-order valence-electron chi connectivity index (χ3n) is 4.27. The molecule has 0 aliphatic rings. The molecule has 0 bridgehead atoms. The van der Waals surface area contributed by atoms with Crippen molar-refractivity contribution < 1.29 is 0 Å². The van der Waals surface area contributed by atoms with Crippen LogP contribution in [0.15, 0.2) is 73.2 Å². The summed E-state index contributed by atoms with van der Waals surface area (Å²) in [5.74, 6) is 0.930. The Hall–Kier alpha value is -3.18. The molecule has 1 aromatic carbocycles. The smallest absolute Gasteiger partial charge is 0.129 e. The van der Waals surface area contributed by atoms with Crippen LogP contribution in [0.3, 0.4) is 0 Å². The molecule has 3 heterocycles. The molecule has 0 saturated heterocycles. The first-order valence-corrected chi connectivity index (χ1v) is 8.24. The molecule has 0 aliphatic heterocycles. The van der Waals surface area contributed by atoms with Gasteiger partial charge < -0.3 is 11.1 Å². The molecule has 25 heavy (non-hydrogen) atoms. The van der Waals surface area contributed by atoms with E-state index in [1.807, 2.05) is 47.1 Å². The summed E-state index contributed by atoms with van der Waals surface area (Å²) in [5, 5.41) is 7.93. The Morgan fingerprint density at radius 1 is 1.00 bits per heavy atom. The number of hydrogen-bond acceptors (Lipinski definition) is 4. The predicted octanol–water partition coefficient (Wildman–Crippen LogP) is 3.47. The van der Waals surface area contributed by atoms with E-state index in [0.717, 1.165) is 33.6 Å². The molecule has 0 unspecified atom stereocenters. The molecule has 0 fully saturated rings. The number of benzene rings is 1. The minimum Gasteiger partial charge on any atom is -0.366 e. The Kier molecular flexibility index (Phi) is 4.14. The standard InChI is InChI=1S/C20H19N5/c21-12-18-17(16-6-2-1-3-7-16)11-20(25-19(18)8-10-24-25)23-14-15-5-4-9-22-13-15/h1-11,13,23H,12,14,21H2. The topological polar surface area (TPSA) is 68.2 Å². The first-order valence-electron chi connectivity index (χ1n) is 8.24. The average Bonchev–Trinajstić information content (AvgIpc) is 3.17. The highest BCUT2D eigenvalue weighted by atomic mass is 15.3. The normalized spacial score (nSPS) is 10.9. The van der Waals surface area contributed by atoms with E-state index >= 15 is 0 Å². The van der Waals surface area contributed by atoms with E-state index in [1.54, 1.807) is 12.4 Å². The number of pyridine rings is 2. The van der Waals surface area contributed by atoms with Crippen LogP contribution in [0.2, 0.25) is 0 Å². The predicted molar refractivity (Wildman–Crippen MR) is 100 cm³/mol. The van der Waals surface area contributed by atoms with Crippen molar-refractivity contribution >= 4 is 11.3 Å². The van der Waals surface area contributed by atoms with Gasteiger partial charge in [-0.3, -0.25) is 4.98 Å². The number of aromatic nitrogens is 3. The summed E-state index contributed by atoms with van der Waals surface area (Å²) in [6.07, 6.45) is 5.44. The van der Waals surface area contributed by atoms with Gasteiger partial charge in [0.2, 0.25) is 0 Å². The first-order chi connectivity index (χ1) is 12.4. The highest BCUT2D eigenvalue weighted by Crippen LogP contribution is 2.30. The average molecular weight is 329 g/mol. The zero-order valence-electron chi connectivity index (χ0n) is 13.8. The van der Waals surface area contributed by atoms with E-state index in [1.165, 1.54) is 0 Å². The van der Waals surface area contributed by atoms with E-state index < -0.39 is 0 Å². The highest BCUT2D eigenvalue weighted by molar-refractivity contribution is 5.78. The quantitative estimate of drug-likeness (QED) is 0.588. The summed E-state index contributed by atoms with van der Waals surface area (Å²) in [6, 6.07) is 18.4. The second-order valence-corrected chi connectivity index (χ2v) is 5.84. The number of rotatable bonds is 5. The summed E-state index contributed by atoms with van der Waals surface area (Å²) in [7, 11) is 0. The maximum atomic E-state index is 6.06. The number of hydrogen-bond donors (Lipinski definition) is 2. The summed E-state index contributed by atoms with van der Waals surface area (Å²) in [6.45, 7) is 1.14. The van der Waals surface area contributed by atoms with Gasteiger partial charge in [-0.2, -0.15) is 5.10 Å². The minimum atomic E-state index is 0.461. The largest absolute Gasteiger partial charge is 0.366 e. The van der Waals surface area contributed by atoms with Crippen molar-refractivity contribution in [3.63, 3.8) is 0 Å². The molecule has 0 amide bonds. The number of fused-ring (bicyclic) bond motifs is 1. The third-order valence-corrected chi connectivity index (χ3v) is 4.27. The summed E-state index contributed by atoms with van der Waals surface area (Å²) >= 11 is 0. The maximum Gasteiger partial charge on any atom is 0.129 e. The van der Waals surface area contributed by atoms with Crippen molar-refractivity contribution in [2.45, 2.75) is 13.1 Å². The molecule has 4 aromatic rings. The van der Waals surface area contributed by atoms with Gasteiger partial charge in [0.05, 0.1) is 11.7 Å². The number of anilines is 1. The Labute approximate surface area is 146 Å². The molecular formula is C20H19N5. The van der Waals surface area contributed by atoms with Gasteiger partial charge in [-0.15, -0.1) is 0 Å². The lowest BCUT2D eigenvalue weighted by molar-refractivity contribution is 0.928. The summed E-state index contributed by atoms with van der Waals surface area (Å²) < 4.78 is 1.91. The van der Waals surface area contributed by atoms with Crippen LogP contribution < -0.4 is 11.1 Å². The number of nitrogens with zero attached hydrogens (tertiary/aromatic N) is 3. The van der Waals surface area contributed by atoms with Gasteiger partial charge in [-0.25, -0.2) is 4.52 Å². The van der Waals surface area contributed by atoms with Crippen LogP contribution in [-0.2, 0) is 13.1 Å². The molecular weight excluding hydrogens is 310 g/mol. The molecule has 3 N–H and O–H groups in total. The van der Waals surface area contributed by atoms with Crippen LogP contribution in [-0.4, -0.2) is 14.6 Å². The second kappa shape index (κ2) is 6.75. The van der Waals surface area contributed by atoms with E-state index in [-0.39, 0.29) is 0 Å². The first kappa shape index (κ1) is 15.4. The van der Waals surface area contributed by atoms with Crippen LogP contribution in [0.1, 0.15) is 11.1 Å². The van der Waals surface area contributed by atoms with Crippen molar-refractivity contribution in [2.24, 2.45) is 5.73 Å². The van der Waals surface area contributed by atoms with Gasteiger partial charge in [0, 0.05) is 25.5 Å². The van der Waals surface area contributed by atoms with Gasteiger partial charge in [0.1, 0.15) is 5.82 Å².